The van der Waals surface area contributed by atoms with E-state index in [4.69, 9.17) is 5.73 Å². The highest BCUT2D eigenvalue weighted by Gasteiger charge is 2.32. The number of carbonyl (C=O) groups excluding carboxylic acids is 3. The maximum Gasteiger partial charge on any atom is 0.326 e. The Balaban J connectivity index is 2.72. The van der Waals surface area contributed by atoms with Crippen LogP contribution in [-0.2, 0) is 19.2 Å². The molecule has 10 nitrogen and oxygen atoms in total. The molecule has 0 bridgehead atoms. The molecular weight excluding hydrogens is 410 g/mol. The third-order valence-corrected chi connectivity index (χ3v) is 5.37. The zero-order valence-electron chi connectivity index (χ0n) is 17.6. The summed E-state index contributed by atoms with van der Waals surface area (Å²) in [5.41, 5.74) is 5.43. The van der Waals surface area contributed by atoms with Crippen LogP contribution in [0, 0.1) is 5.92 Å². The van der Waals surface area contributed by atoms with E-state index in [1.165, 1.54) is 0 Å². The van der Waals surface area contributed by atoms with Gasteiger partial charge in [-0.15, -0.1) is 0 Å². The standard InChI is InChI=1S/C19H35N5O5S/c1-11(2)15(18(27)22-13(19(28)29)6-3-4-8-20)24-17(26)14(10-30)23-16(25)12-7-5-9-21-12/h11-15,21,30H,3-10,20H2,1-2H3,(H,22,27)(H,23,25)(H,24,26)(H,28,29). The summed E-state index contributed by atoms with van der Waals surface area (Å²) >= 11 is 4.14. The van der Waals surface area contributed by atoms with Crippen LogP contribution in [0.4, 0.5) is 0 Å². The Morgan fingerprint density at radius 3 is 2.30 bits per heavy atom. The quantitative estimate of drug-likeness (QED) is 0.141. The van der Waals surface area contributed by atoms with Crippen LogP contribution in [0.2, 0.25) is 0 Å². The first kappa shape index (κ1) is 26.2. The zero-order chi connectivity index (χ0) is 22.7. The van der Waals surface area contributed by atoms with Crippen LogP contribution < -0.4 is 27.0 Å². The molecule has 0 aromatic rings. The minimum absolute atomic E-state index is 0.0631. The van der Waals surface area contributed by atoms with Crippen molar-refractivity contribution in [2.45, 2.75) is 70.1 Å². The Morgan fingerprint density at radius 2 is 1.80 bits per heavy atom. The number of aliphatic carboxylic acids is 1. The second kappa shape index (κ2) is 13.5. The van der Waals surface area contributed by atoms with Crippen molar-refractivity contribution < 1.29 is 24.3 Å². The van der Waals surface area contributed by atoms with Gasteiger partial charge < -0.3 is 32.1 Å². The molecule has 3 amide bonds. The molecule has 0 aliphatic carbocycles. The fourth-order valence-corrected chi connectivity index (χ4v) is 3.43. The summed E-state index contributed by atoms with van der Waals surface area (Å²) in [7, 11) is 0. The van der Waals surface area contributed by atoms with Gasteiger partial charge in [0.2, 0.25) is 17.7 Å². The van der Waals surface area contributed by atoms with Gasteiger partial charge in [-0.1, -0.05) is 13.8 Å². The number of nitrogens with two attached hydrogens (primary N) is 1. The van der Waals surface area contributed by atoms with Crippen LogP contribution in [0.25, 0.3) is 0 Å². The Labute approximate surface area is 182 Å². The summed E-state index contributed by atoms with van der Waals surface area (Å²) in [4.78, 5) is 49.1. The average molecular weight is 446 g/mol. The number of hydrogen-bond donors (Lipinski definition) is 7. The molecule has 1 saturated heterocycles. The SMILES string of the molecule is CC(C)C(NC(=O)C(CS)NC(=O)C1CCCN1)C(=O)NC(CCCCN)C(=O)O. The number of carbonyl (C=O) groups is 4. The zero-order valence-corrected chi connectivity index (χ0v) is 18.5. The van der Waals surface area contributed by atoms with E-state index < -0.39 is 35.9 Å². The third kappa shape index (κ3) is 8.49. The number of thiol groups is 1. The summed E-state index contributed by atoms with van der Waals surface area (Å²) in [6, 6.07) is -3.25. The molecule has 0 aromatic heterocycles. The third-order valence-electron chi connectivity index (χ3n) is 5.00. The smallest absolute Gasteiger partial charge is 0.326 e. The molecule has 7 N–H and O–H groups in total. The first-order valence-corrected chi connectivity index (χ1v) is 11.0. The van der Waals surface area contributed by atoms with Crippen molar-refractivity contribution in [2.24, 2.45) is 11.7 Å². The second-order valence-corrected chi connectivity index (χ2v) is 8.17. The van der Waals surface area contributed by atoms with E-state index in [1.807, 2.05) is 0 Å². The predicted molar refractivity (Wildman–Crippen MR) is 116 cm³/mol. The molecule has 1 rings (SSSR count). The molecule has 1 aliphatic rings. The minimum Gasteiger partial charge on any atom is -0.480 e. The van der Waals surface area contributed by atoms with Gasteiger partial charge in [-0.3, -0.25) is 14.4 Å². The summed E-state index contributed by atoms with van der Waals surface area (Å²) < 4.78 is 0. The Kier molecular flexibility index (Phi) is 11.7. The summed E-state index contributed by atoms with van der Waals surface area (Å²) in [5.74, 6) is -2.77. The maximum absolute atomic E-state index is 12.7. The Morgan fingerprint density at radius 1 is 1.10 bits per heavy atom. The lowest BCUT2D eigenvalue weighted by molar-refractivity contribution is -0.142. The highest BCUT2D eigenvalue weighted by Crippen LogP contribution is 2.08. The molecule has 4 unspecified atom stereocenters. The number of nitrogens with one attached hydrogen (secondary N) is 4. The fraction of sp³-hybridized carbons (Fsp3) is 0.789. The number of hydrogen-bond acceptors (Lipinski definition) is 7. The molecule has 30 heavy (non-hydrogen) atoms. The Bertz CT molecular complexity index is 598. The van der Waals surface area contributed by atoms with Crippen molar-refractivity contribution in [3.63, 3.8) is 0 Å². The molecular formula is C19H35N5O5S. The minimum atomic E-state index is -1.14. The van der Waals surface area contributed by atoms with Crippen molar-refractivity contribution in [3.8, 4) is 0 Å². The van der Waals surface area contributed by atoms with E-state index in [9.17, 15) is 24.3 Å². The van der Waals surface area contributed by atoms with Crippen molar-refractivity contribution in [1.82, 2.24) is 21.3 Å². The fourth-order valence-electron chi connectivity index (χ4n) is 3.18. The monoisotopic (exact) mass is 445 g/mol. The maximum atomic E-state index is 12.7. The summed E-state index contributed by atoms with van der Waals surface area (Å²) in [6.07, 6.45) is 3.06. The average Bonchev–Trinajstić information content (AvgIpc) is 3.23. The van der Waals surface area contributed by atoms with Gasteiger partial charge in [-0.2, -0.15) is 12.6 Å². The second-order valence-electron chi connectivity index (χ2n) is 7.81. The molecule has 1 aliphatic heterocycles. The van der Waals surface area contributed by atoms with Crippen LogP contribution in [0.1, 0.15) is 46.0 Å². The first-order chi connectivity index (χ1) is 14.2. The van der Waals surface area contributed by atoms with Gasteiger partial charge in [-0.05, 0) is 51.1 Å². The van der Waals surface area contributed by atoms with Crippen LogP contribution >= 0.6 is 12.6 Å². The predicted octanol–water partition coefficient (Wildman–Crippen LogP) is -1.01. The largest absolute Gasteiger partial charge is 0.480 e. The van der Waals surface area contributed by atoms with E-state index in [2.05, 4.69) is 33.9 Å². The number of unbranched alkanes of at least 4 members (excludes halogenated alkanes) is 1. The van der Waals surface area contributed by atoms with Gasteiger partial charge in [0.15, 0.2) is 0 Å². The van der Waals surface area contributed by atoms with Crippen molar-refractivity contribution >= 4 is 36.3 Å². The van der Waals surface area contributed by atoms with Crippen LogP contribution in [0.3, 0.4) is 0 Å². The number of carboxylic acids is 1. The van der Waals surface area contributed by atoms with Crippen molar-refractivity contribution in [3.05, 3.63) is 0 Å². The van der Waals surface area contributed by atoms with Gasteiger partial charge in [0, 0.05) is 5.75 Å². The van der Waals surface area contributed by atoms with Crippen LogP contribution in [0.5, 0.6) is 0 Å². The molecule has 172 valence electrons. The highest BCUT2D eigenvalue weighted by atomic mass is 32.1. The molecule has 1 fully saturated rings. The Hall–Kier alpha value is -1.85. The topological polar surface area (TPSA) is 163 Å². The molecule has 4 atom stereocenters. The lowest BCUT2D eigenvalue weighted by atomic mass is 10.0. The van der Waals surface area contributed by atoms with E-state index in [-0.39, 0.29) is 30.0 Å². The molecule has 0 aromatic carbocycles. The highest BCUT2D eigenvalue weighted by molar-refractivity contribution is 7.80. The van der Waals surface area contributed by atoms with Gasteiger partial charge >= 0.3 is 5.97 Å². The first-order valence-electron chi connectivity index (χ1n) is 10.4. The van der Waals surface area contributed by atoms with Crippen molar-refractivity contribution in [2.75, 3.05) is 18.8 Å². The molecule has 1 heterocycles. The number of rotatable bonds is 13. The lowest BCUT2D eigenvalue weighted by Crippen LogP contribution is -2.58. The molecule has 0 radical (unpaired) electrons. The van der Waals surface area contributed by atoms with Crippen molar-refractivity contribution in [1.29, 1.82) is 0 Å². The molecule has 0 saturated carbocycles. The molecule has 11 heteroatoms. The van der Waals surface area contributed by atoms with Gasteiger partial charge in [0.05, 0.1) is 6.04 Å². The number of amides is 3. The van der Waals surface area contributed by atoms with E-state index in [0.717, 1.165) is 13.0 Å². The summed E-state index contributed by atoms with van der Waals surface area (Å²) in [5, 5.41) is 20.2. The van der Waals surface area contributed by atoms with Crippen LogP contribution in [0.15, 0.2) is 0 Å². The van der Waals surface area contributed by atoms with E-state index in [1.54, 1.807) is 13.8 Å². The summed E-state index contributed by atoms with van der Waals surface area (Å²) in [6.45, 7) is 4.68. The molecule has 0 spiro atoms. The van der Waals surface area contributed by atoms with Gasteiger partial charge in [0.1, 0.15) is 18.1 Å². The van der Waals surface area contributed by atoms with E-state index >= 15 is 0 Å². The van der Waals surface area contributed by atoms with E-state index in [0.29, 0.717) is 25.8 Å². The number of carboxylic acid groups (broad SMARTS) is 1. The van der Waals surface area contributed by atoms with Gasteiger partial charge in [0.25, 0.3) is 0 Å². The van der Waals surface area contributed by atoms with Crippen LogP contribution in [-0.4, -0.2) is 71.8 Å². The lowest BCUT2D eigenvalue weighted by Gasteiger charge is -2.26. The normalized spacial score (nSPS) is 19.0. The van der Waals surface area contributed by atoms with Gasteiger partial charge in [-0.25, -0.2) is 4.79 Å².